The van der Waals surface area contributed by atoms with Crippen molar-refractivity contribution in [2.24, 2.45) is 5.10 Å². The number of hydrogen-bond acceptors (Lipinski definition) is 6. The van der Waals surface area contributed by atoms with E-state index in [1.165, 1.54) is 6.21 Å². The molecule has 0 aliphatic rings. The fourth-order valence-electron chi connectivity index (χ4n) is 3.50. The van der Waals surface area contributed by atoms with Gasteiger partial charge >= 0.3 is 5.97 Å². The van der Waals surface area contributed by atoms with Gasteiger partial charge in [0.05, 0.1) is 18.4 Å². The molecule has 0 aliphatic carbocycles. The first-order chi connectivity index (χ1) is 18.0. The molecule has 0 radical (unpaired) electrons. The average molecular weight is 497 g/mol. The smallest absolute Gasteiger partial charge is 0.343 e. The van der Waals surface area contributed by atoms with E-state index >= 15 is 0 Å². The Labute approximate surface area is 215 Å². The number of rotatable bonds is 10. The molecule has 1 unspecified atom stereocenters. The highest BCUT2D eigenvalue weighted by molar-refractivity contribution is 5.91. The maximum atomic E-state index is 12.4. The lowest BCUT2D eigenvalue weighted by atomic mass is 10.1. The number of nitrogens with zero attached hydrogens (tertiary/aromatic N) is 1. The maximum absolute atomic E-state index is 12.4. The molecule has 4 aromatic rings. The van der Waals surface area contributed by atoms with Crippen molar-refractivity contribution < 1.29 is 23.8 Å². The van der Waals surface area contributed by atoms with E-state index in [0.29, 0.717) is 29.4 Å². The number of carbonyl (C=O) groups is 2. The van der Waals surface area contributed by atoms with Crippen LogP contribution in [0.25, 0.3) is 10.8 Å². The molecule has 0 bridgehead atoms. The molecule has 0 aliphatic heterocycles. The van der Waals surface area contributed by atoms with E-state index in [1.54, 1.807) is 55.5 Å². The van der Waals surface area contributed by atoms with Gasteiger partial charge in [0.15, 0.2) is 6.10 Å². The number of carbonyl (C=O) groups excluding carboxylic acids is 2. The van der Waals surface area contributed by atoms with E-state index in [2.05, 4.69) is 10.5 Å². The van der Waals surface area contributed by atoms with E-state index < -0.39 is 12.1 Å². The number of esters is 1. The van der Waals surface area contributed by atoms with E-state index in [9.17, 15) is 9.59 Å². The van der Waals surface area contributed by atoms with Gasteiger partial charge in [-0.25, -0.2) is 10.2 Å². The van der Waals surface area contributed by atoms with Crippen LogP contribution in [-0.2, 0) is 4.79 Å². The molecular weight excluding hydrogens is 468 g/mol. The highest BCUT2D eigenvalue weighted by atomic mass is 16.5. The molecule has 188 valence electrons. The minimum atomic E-state index is -0.739. The fraction of sp³-hybridized carbons (Fsp3) is 0.167. The molecule has 37 heavy (non-hydrogen) atoms. The monoisotopic (exact) mass is 496 g/mol. The molecule has 1 atom stereocenters. The lowest BCUT2D eigenvalue weighted by Crippen LogP contribution is -2.33. The third-order valence-corrected chi connectivity index (χ3v) is 5.46. The highest BCUT2D eigenvalue weighted by Gasteiger charge is 2.15. The average Bonchev–Trinajstić information content (AvgIpc) is 2.93. The van der Waals surface area contributed by atoms with E-state index in [4.69, 9.17) is 14.2 Å². The van der Waals surface area contributed by atoms with Crippen LogP contribution in [0.5, 0.6) is 17.2 Å². The molecule has 7 heteroatoms. The van der Waals surface area contributed by atoms with Crippen molar-refractivity contribution in [2.75, 3.05) is 6.61 Å². The van der Waals surface area contributed by atoms with Crippen LogP contribution in [-0.4, -0.2) is 30.8 Å². The third kappa shape index (κ3) is 6.95. The number of hydrogen-bond donors (Lipinski definition) is 1. The van der Waals surface area contributed by atoms with Crippen molar-refractivity contribution in [3.05, 3.63) is 102 Å². The van der Waals surface area contributed by atoms with Crippen molar-refractivity contribution in [3.8, 4) is 17.2 Å². The van der Waals surface area contributed by atoms with Gasteiger partial charge in [0.1, 0.15) is 17.2 Å². The highest BCUT2D eigenvalue weighted by Crippen LogP contribution is 2.26. The summed E-state index contributed by atoms with van der Waals surface area (Å²) >= 11 is 0. The van der Waals surface area contributed by atoms with E-state index in [1.807, 2.05) is 49.4 Å². The van der Waals surface area contributed by atoms with Crippen molar-refractivity contribution in [3.63, 3.8) is 0 Å². The molecule has 0 aromatic heterocycles. The molecule has 4 aromatic carbocycles. The van der Waals surface area contributed by atoms with Crippen molar-refractivity contribution >= 4 is 28.9 Å². The Hall–Kier alpha value is -4.65. The van der Waals surface area contributed by atoms with Gasteiger partial charge in [-0.15, -0.1) is 0 Å². The van der Waals surface area contributed by atoms with Gasteiger partial charge < -0.3 is 14.2 Å². The Balaban J connectivity index is 1.27. The van der Waals surface area contributed by atoms with Crippen LogP contribution in [0.4, 0.5) is 0 Å². The number of nitrogens with one attached hydrogen (secondary N) is 1. The van der Waals surface area contributed by atoms with Gasteiger partial charge in [-0.3, -0.25) is 4.79 Å². The van der Waals surface area contributed by atoms with Gasteiger partial charge in [0, 0.05) is 5.39 Å². The number of hydrazone groups is 1. The fourth-order valence-corrected chi connectivity index (χ4v) is 3.50. The summed E-state index contributed by atoms with van der Waals surface area (Å²) in [6, 6.07) is 27.1. The Kier molecular flexibility index (Phi) is 8.49. The zero-order chi connectivity index (χ0) is 26.0. The summed E-state index contributed by atoms with van der Waals surface area (Å²) in [7, 11) is 0. The van der Waals surface area contributed by atoms with Crippen LogP contribution in [0.15, 0.2) is 96.1 Å². The topological polar surface area (TPSA) is 86.2 Å². The first-order valence-electron chi connectivity index (χ1n) is 12.1. The van der Waals surface area contributed by atoms with Crippen LogP contribution >= 0.6 is 0 Å². The van der Waals surface area contributed by atoms with E-state index in [-0.39, 0.29) is 5.91 Å². The first-order valence-corrected chi connectivity index (χ1v) is 12.1. The minimum Gasteiger partial charge on any atom is -0.494 e. The normalized spacial score (nSPS) is 11.7. The Bertz CT molecular complexity index is 1380. The summed E-state index contributed by atoms with van der Waals surface area (Å²) in [5.74, 6) is 0.908. The maximum Gasteiger partial charge on any atom is 0.343 e. The van der Waals surface area contributed by atoms with Crippen LogP contribution < -0.4 is 19.6 Å². The zero-order valence-corrected chi connectivity index (χ0v) is 20.7. The van der Waals surface area contributed by atoms with Gasteiger partial charge in [0.2, 0.25) is 0 Å². The summed E-state index contributed by atoms with van der Waals surface area (Å²) < 4.78 is 16.8. The molecule has 0 heterocycles. The first kappa shape index (κ1) is 25.4. The predicted octanol–water partition coefficient (Wildman–Crippen LogP) is 5.77. The number of fused-ring (bicyclic) bond motifs is 1. The summed E-state index contributed by atoms with van der Waals surface area (Å²) in [6.07, 6.45) is 1.68. The molecule has 0 saturated heterocycles. The molecule has 0 spiro atoms. The third-order valence-electron chi connectivity index (χ3n) is 5.46. The molecule has 1 amide bonds. The second-order valence-corrected chi connectivity index (χ2v) is 8.30. The quantitative estimate of drug-likeness (QED) is 0.130. The number of amides is 1. The minimum absolute atomic E-state index is 0.374. The molecule has 7 nitrogen and oxygen atoms in total. The van der Waals surface area contributed by atoms with Crippen molar-refractivity contribution in [2.45, 2.75) is 26.4 Å². The van der Waals surface area contributed by atoms with Crippen LogP contribution in [0.1, 0.15) is 36.2 Å². The van der Waals surface area contributed by atoms with Gasteiger partial charge in [-0.05, 0) is 78.9 Å². The predicted molar refractivity (Wildman–Crippen MR) is 143 cm³/mol. The SMILES string of the molecule is CCCOc1ccc(C(=O)Oc2ccc(/C=N/NC(=O)C(C)Oc3cccc4ccccc34)cc2)cc1. The standard InChI is InChI=1S/C30H28N2O5/c1-3-19-35-25-17-13-24(14-18-25)30(34)37-26-15-11-22(12-16-26)20-31-32-29(33)21(2)36-28-10-6-8-23-7-4-5-9-27(23)28/h4-18,20-21H,3,19H2,1-2H3,(H,32,33)/b31-20+. The molecular formula is C30H28N2O5. The van der Waals surface area contributed by atoms with Gasteiger partial charge in [0.25, 0.3) is 5.91 Å². The van der Waals surface area contributed by atoms with E-state index in [0.717, 1.165) is 22.8 Å². The molecule has 4 rings (SSSR count). The Morgan fingerprint density at radius 1 is 0.892 bits per heavy atom. The van der Waals surface area contributed by atoms with Gasteiger partial charge in [-0.2, -0.15) is 5.10 Å². The van der Waals surface area contributed by atoms with Crippen molar-refractivity contribution in [1.82, 2.24) is 5.43 Å². The molecule has 1 N–H and O–H groups in total. The lowest BCUT2D eigenvalue weighted by Gasteiger charge is -2.14. The Morgan fingerprint density at radius 3 is 2.35 bits per heavy atom. The van der Waals surface area contributed by atoms with Crippen LogP contribution in [0.3, 0.4) is 0 Å². The van der Waals surface area contributed by atoms with Crippen LogP contribution in [0.2, 0.25) is 0 Å². The second kappa shape index (κ2) is 12.4. The molecule has 0 fully saturated rings. The largest absolute Gasteiger partial charge is 0.494 e. The van der Waals surface area contributed by atoms with Gasteiger partial charge in [-0.1, -0.05) is 43.3 Å². The van der Waals surface area contributed by atoms with Crippen molar-refractivity contribution in [1.29, 1.82) is 0 Å². The zero-order valence-electron chi connectivity index (χ0n) is 20.7. The Morgan fingerprint density at radius 2 is 1.59 bits per heavy atom. The second-order valence-electron chi connectivity index (χ2n) is 8.30. The summed E-state index contributed by atoms with van der Waals surface area (Å²) in [6.45, 7) is 4.32. The summed E-state index contributed by atoms with van der Waals surface area (Å²) in [5, 5.41) is 5.98. The summed E-state index contributed by atoms with van der Waals surface area (Å²) in [4.78, 5) is 24.8. The number of ether oxygens (including phenoxy) is 3. The molecule has 0 saturated carbocycles. The van der Waals surface area contributed by atoms with Crippen LogP contribution in [0, 0.1) is 0 Å². The number of benzene rings is 4. The summed E-state index contributed by atoms with van der Waals surface area (Å²) in [5.41, 5.74) is 3.64. The lowest BCUT2D eigenvalue weighted by molar-refractivity contribution is -0.127.